The molecule has 0 bridgehead atoms. The van der Waals surface area contributed by atoms with Crippen LogP contribution in [-0.4, -0.2) is 60.5 Å². The summed E-state index contributed by atoms with van der Waals surface area (Å²) < 4.78 is 62.8. The summed E-state index contributed by atoms with van der Waals surface area (Å²) in [7, 11) is -8.00. The molecule has 0 aliphatic heterocycles. The molecule has 0 fully saturated rings. The average molecular weight is 804 g/mol. The van der Waals surface area contributed by atoms with Gasteiger partial charge in [-0.1, -0.05) is 258 Å². The van der Waals surface area contributed by atoms with Gasteiger partial charge >= 0.3 is 23.1 Å². The van der Waals surface area contributed by atoms with Crippen molar-refractivity contribution in [3.63, 3.8) is 0 Å². The molecule has 0 saturated carbocycles. The maximum Gasteiger partial charge on any atom is 2.00 e. The van der Waals surface area contributed by atoms with Crippen LogP contribution in [-0.2, 0) is 20.2 Å². The summed E-state index contributed by atoms with van der Waals surface area (Å²) in [6, 6.07) is 0. The zero-order chi connectivity index (χ0) is 38.7. The van der Waals surface area contributed by atoms with Crippen LogP contribution in [0.5, 0.6) is 0 Å². The van der Waals surface area contributed by atoms with E-state index in [1.165, 1.54) is 218 Å². The Labute approximate surface area is 349 Å². The van der Waals surface area contributed by atoms with Crippen molar-refractivity contribution >= 4 is 43.3 Å². The summed E-state index contributed by atoms with van der Waals surface area (Å²) in [6.45, 7) is 4.55. The van der Waals surface area contributed by atoms with Crippen molar-refractivity contribution in [3.8, 4) is 0 Å². The van der Waals surface area contributed by atoms with Crippen molar-refractivity contribution in [3.05, 3.63) is 0 Å². The van der Waals surface area contributed by atoms with Crippen LogP contribution in [0.1, 0.15) is 271 Å². The number of hydrogen-bond acceptors (Lipinski definition) is 6. The third-order valence-corrected chi connectivity index (χ3v) is 12.1. The molecule has 6 nitrogen and oxygen atoms in total. The van der Waals surface area contributed by atoms with E-state index < -0.39 is 20.2 Å². The van der Waals surface area contributed by atoms with Crippen LogP contribution in [0.4, 0.5) is 0 Å². The fraction of sp³-hybridized carbons (Fsp3) is 1.00. The minimum atomic E-state index is -4.00. The van der Waals surface area contributed by atoms with Crippen LogP contribution >= 0.6 is 0 Å². The summed E-state index contributed by atoms with van der Waals surface area (Å²) in [4.78, 5) is 0. The molecule has 53 heavy (non-hydrogen) atoms. The first-order valence-electron chi connectivity index (χ1n) is 23.0. The smallest absolute Gasteiger partial charge is 0.748 e. The van der Waals surface area contributed by atoms with Crippen molar-refractivity contribution in [2.24, 2.45) is 0 Å². The Balaban J connectivity index is -0.000000926. The fourth-order valence-electron chi connectivity index (χ4n) is 7.07. The fourth-order valence-corrected chi connectivity index (χ4v) is 8.18. The van der Waals surface area contributed by atoms with Gasteiger partial charge in [-0.3, -0.25) is 0 Å². The molecular weight excluding hydrogens is 713 g/mol. The van der Waals surface area contributed by atoms with E-state index in [0.717, 1.165) is 25.7 Å². The summed E-state index contributed by atoms with van der Waals surface area (Å²) in [5.74, 6) is -0.377. The molecule has 9 heteroatoms. The van der Waals surface area contributed by atoms with E-state index in [-0.39, 0.29) is 34.6 Å². The SMILES string of the molecule is CCCCCCCCCCCCCCCCCCCCCCS(=O)(=O)[O-].CCCCCCCCCCCCCCCCCCCCCCS(=O)(=O)[O-].[Mg+2]. The quantitative estimate of drug-likeness (QED) is 0.0345. The van der Waals surface area contributed by atoms with E-state index >= 15 is 0 Å². The predicted octanol–water partition coefficient (Wildman–Crippen LogP) is 14.3. The van der Waals surface area contributed by atoms with Crippen LogP contribution in [0.3, 0.4) is 0 Å². The third-order valence-electron chi connectivity index (χ3n) is 10.5. The Kier molecular flexibility index (Phi) is 51.3. The Morgan fingerprint density at radius 2 is 0.358 bits per heavy atom. The Morgan fingerprint density at radius 1 is 0.245 bits per heavy atom. The van der Waals surface area contributed by atoms with Gasteiger partial charge in [-0.25, -0.2) is 16.8 Å². The summed E-state index contributed by atoms with van der Waals surface area (Å²) in [6.07, 6.45) is 51.8. The van der Waals surface area contributed by atoms with Gasteiger partial charge in [0.15, 0.2) is 0 Å². The largest absolute Gasteiger partial charge is 2.00 e. The van der Waals surface area contributed by atoms with Crippen molar-refractivity contribution in [1.29, 1.82) is 0 Å². The van der Waals surface area contributed by atoms with E-state index in [0.29, 0.717) is 12.8 Å². The van der Waals surface area contributed by atoms with Gasteiger partial charge in [0.1, 0.15) is 0 Å². The Bertz CT molecular complexity index is 810. The maximum absolute atomic E-state index is 10.5. The molecule has 0 heterocycles. The molecule has 0 unspecified atom stereocenters. The maximum atomic E-state index is 10.5. The first-order valence-corrected chi connectivity index (χ1v) is 26.1. The Hall–Kier alpha value is 0.586. The van der Waals surface area contributed by atoms with Gasteiger partial charge in [0.2, 0.25) is 0 Å². The van der Waals surface area contributed by atoms with E-state index in [2.05, 4.69) is 13.8 Å². The summed E-state index contributed by atoms with van der Waals surface area (Å²) in [5, 5.41) is 0. The van der Waals surface area contributed by atoms with Crippen molar-refractivity contribution in [2.75, 3.05) is 11.5 Å². The van der Waals surface area contributed by atoms with Gasteiger partial charge in [0, 0.05) is 11.5 Å². The molecule has 0 amide bonds. The van der Waals surface area contributed by atoms with Crippen LogP contribution in [0, 0.1) is 0 Å². The monoisotopic (exact) mass is 803 g/mol. The molecule has 0 aromatic rings. The molecular formula is C44H90MgO6S2. The van der Waals surface area contributed by atoms with Gasteiger partial charge in [0.25, 0.3) is 0 Å². The minimum Gasteiger partial charge on any atom is -0.748 e. The van der Waals surface area contributed by atoms with E-state index in [9.17, 15) is 25.9 Å². The molecule has 0 spiro atoms. The van der Waals surface area contributed by atoms with E-state index in [1.54, 1.807) is 0 Å². The Morgan fingerprint density at radius 3 is 0.472 bits per heavy atom. The predicted molar refractivity (Wildman–Crippen MR) is 231 cm³/mol. The second-order valence-corrected chi connectivity index (χ2v) is 19.0. The van der Waals surface area contributed by atoms with E-state index in [1.807, 2.05) is 0 Å². The van der Waals surface area contributed by atoms with Gasteiger partial charge in [-0.2, -0.15) is 0 Å². The molecule has 0 saturated heterocycles. The molecule has 316 valence electrons. The van der Waals surface area contributed by atoms with Crippen LogP contribution < -0.4 is 0 Å². The normalized spacial score (nSPS) is 11.7. The zero-order valence-electron chi connectivity index (χ0n) is 35.7. The number of hydrogen-bond donors (Lipinski definition) is 0. The van der Waals surface area contributed by atoms with Crippen molar-refractivity contribution < 1.29 is 25.9 Å². The zero-order valence-corrected chi connectivity index (χ0v) is 38.7. The molecule has 0 aliphatic rings. The molecule has 0 N–H and O–H groups in total. The summed E-state index contributed by atoms with van der Waals surface area (Å²) in [5.41, 5.74) is 0. The molecule has 0 aromatic heterocycles. The third kappa shape index (κ3) is 62.0. The van der Waals surface area contributed by atoms with E-state index in [4.69, 9.17) is 0 Å². The van der Waals surface area contributed by atoms with Crippen molar-refractivity contribution in [1.82, 2.24) is 0 Å². The standard InChI is InChI=1S/2C22H46O3S.Mg/c2*1-2-3-4-5-6-7-8-9-10-11-12-13-14-15-16-17-18-19-20-21-22-26(23,24)25;/h2*2-22H2,1H3,(H,23,24,25);/q;;+2/p-2. The van der Waals surface area contributed by atoms with Gasteiger partial charge < -0.3 is 9.11 Å². The average Bonchev–Trinajstić information content (AvgIpc) is 3.09. The topological polar surface area (TPSA) is 114 Å². The van der Waals surface area contributed by atoms with Crippen LogP contribution in [0.25, 0.3) is 0 Å². The van der Waals surface area contributed by atoms with Gasteiger partial charge in [-0.05, 0) is 12.8 Å². The van der Waals surface area contributed by atoms with Crippen LogP contribution in [0.15, 0.2) is 0 Å². The molecule has 0 rings (SSSR count). The second-order valence-electron chi connectivity index (χ2n) is 16.0. The first kappa shape index (κ1) is 57.9. The number of rotatable bonds is 42. The summed E-state index contributed by atoms with van der Waals surface area (Å²) >= 11 is 0. The minimum absolute atomic E-state index is 0. The van der Waals surface area contributed by atoms with Crippen LogP contribution in [0.2, 0.25) is 0 Å². The number of unbranched alkanes of at least 4 members (excludes halogenated alkanes) is 38. The second kappa shape index (κ2) is 47.0. The van der Waals surface area contributed by atoms with Gasteiger partial charge in [-0.15, -0.1) is 0 Å². The first-order chi connectivity index (χ1) is 25.1. The van der Waals surface area contributed by atoms with Crippen molar-refractivity contribution in [2.45, 2.75) is 271 Å². The molecule has 0 aliphatic carbocycles. The molecule has 0 atom stereocenters. The molecule has 0 aromatic carbocycles. The van der Waals surface area contributed by atoms with Gasteiger partial charge in [0.05, 0.1) is 20.2 Å². The molecule has 0 radical (unpaired) electrons.